The van der Waals surface area contributed by atoms with Gasteiger partial charge in [0.15, 0.2) is 5.82 Å². The fourth-order valence-electron chi connectivity index (χ4n) is 5.93. The van der Waals surface area contributed by atoms with Crippen LogP contribution in [0.1, 0.15) is 50.1 Å². The van der Waals surface area contributed by atoms with Gasteiger partial charge in [0.1, 0.15) is 17.8 Å². The number of nitrogens with zero attached hydrogens (tertiary/aromatic N) is 6. The second kappa shape index (κ2) is 13.0. The van der Waals surface area contributed by atoms with Crippen molar-refractivity contribution in [3.05, 3.63) is 74.2 Å². The summed E-state index contributed by atoms with van der Waals surface area (Å²) in [5.41, 5.74) is 1.44. The molecular formula is C33H35ClF3N7O5. The molecule has 1 N–H and O–H groups in total. The van der Waals surface area contributed by atoms with Crippen LogP contribution in [0.25, 0.3) is 17.2 Å². The van der Waals surface area contributed by atoms with Gasteiger partial charge in [-0.15, -0.1) is 5.10 Å². The largest absolute Gasteiger partial charge is 0.444 e. The van der Waals surface area contributed by atoms with Crippen LogP contribution in [0.3, 0.4) is 0 Å². The van der Waals surface area contributed by atoms with Crippen molar-refractivity contribution in [3.63, 3.8) is 0 Å². The van der Waals surface area contributed by atoms with Crippen molar-refractivity contribution < 1.29 is 32.2 Å². The molecule has 1 saturated heterocycles. The molecule has 12 nitrogen and oxygen atoms in total. The summed E-state index contributed by atoms with van der Waals surface area (Å²) in [5, 5.41) is 6.89. The van der Waals surface area contributed by atoms with Gasteiger partial charge < -0.3 is 29.2 Å². The number of hydrogen-bond acceptors (Lipinski definition) is 8. The Morgan fingerprint density at radius 1 is 1.02 bits per heavy atom. The van der Waals surface area contributed by atoms with Crippen LogP contribution in [-0.2, 0) is 46.6 Å². The van der Waals surface area contributed by atoms with E-state index in [-0.39, 0.29) is 28.9 Å². The molecule has 0 bridgehead atoms. The highest BCUT2D eigenvalue weighted by molar-refractivity contribution is 6.33. The van der Waals surface area contributed by atoms with Gasteiger partial charge in [0.05, 0.1) is 35.2 Å². The second-order valence-electron chi connectivity index (χ2n) is 12.9. The summed E-state index contributed by atoms with van der Waals surface area (Å²) in [4.78, 5) is 48.6. The molecule has 2 amide bonds. The number of ether oxygens (including phenoxy) is 2. The van der Waals surface area contributed by atoms with Gasteiger partial charge in [0.25, 0.3) is 5.56 Å². The van der Waals surface area contributed by atoms with Gasteiger partial charge in [-0.05, 0) is 62.6 Å². The fraction of sp³-hybridized carbons (Fsp3) is 0.424. The molecule has 4 heterocycles. The summed E-state index contributed by atoms with van der Waals surface area (Å²) in [5.74, 6) is -0.235. The van der Waals surface area contributed by atoms with E-state index in [1.807, 2.05) is 30.0 Å². The molecule has 260 valence electrons. The first-order chi connectivity index (χ1) is 23.1. The number of amides is 2. The number of hydrogen-bond donors (Lipinski definition) is 1. The van der Waals surface area contributed by atoms with E-state index < -0.39 is 34.9 Å². The summed E-state index contributed by atoms with van der Waals surface area (Å²) in [6.07, 6.45) is -4.73. The fourth-order valence-corrected chi connectivity index (χ4v) is 6.16. The van der Waals surface area contributed by atoms with Crippen molar-refractivity contribution in [1.82, 2.24) is 24.1 Å². The monoisotopic (exact) mass is 701 g/mol. The summed E-state index contributed by atoms with van der Waals surface area (Å²) >= 11 is 6.12. The lowest BCUT2D eigenvalue weighted by molar-refractivity contribution is -0.137. The van der Waals surface area contributed by atoms with E-state index in [1.165, 1.54) is 0 Å². The van der Waals surface area contributed by atoms with Crippen molar-refractivity contribution >= 4 is 40.8 Å². The number of benzene rings is 2. The highest BCUT2D eigenvalue weighted by atomic mass is 35.5. The topological polar surface area (TPSA) is 123 Å². The molecule has 2 aliphatic heterocycles. The van der Waals surface area contributed by atoms with Crippen LogP contribution in [0.4, 0.5) is 29.3 Å². The van der Waals surface area contributed by atoms with Gasteiger partial charge in [-0.25, -0.2) is 4.79 Å². The molecule has 16 heteroatoms. The van der Waals surface area contributed by atoms with Gasteiger partial charge in [0, 0.05) is 31.7 Å². The molecule has 49 heavy (non-hydrogen) atoms. The Bertz CT molecular complexity index is 2000. The minimum absolute atomic E-state index is 0.00390. The van der Waals surface area contributed by atoms with E-state index in [0.717, 1.165) is 33.8 Å². The molecule has 0 atom stereocenters. The van der Waals surface area contributed by atoms with Gasteiger partial charge >= 0.3 is 12.3 Å². The number of fused-ring (bicyclic) bond motifs is 2. The lowest BCUT2D eigenvalue weighted by Crippen LogP contribution is -2.51. The Kier molecular flexibility index (Phi) is 9.09. The molecule has 4 aromatic rings. The molecule has 1 fully saturated rings. The van der Waals surface area contributed by atoms with Crippen LogP contribution in [0.2, 0.25) is 5.02 Å². The van der Waals surface area contributed by atoms with E-state index in [2.05, 4.69) is 10.4 Å². The third kappa shape index (κ3) is 7.08. The van der Waals surface area contributed by atoms with Crippen LogP contribution in [0.15, 0.2) is 41.2 Å². The first-order valence-corrected chi connectivity index (χ1v) is 16.1. The van der Waals surface area contributed by atoms with Crippen molar-refractivity contribution in [1.29, 1.82) is 0 Å². The number of halogens is 4. The average Bonchev–Trinajstić information content (AvgIpc) is 3.70. The minimum atomic E-state index is -4.60. The van der Waals surface area contributed by atoms with Crippen molar-refractivity contribution in [2.45, 2.75) is 65.7 Å². The molecule has 2 aliphatic rings. The van der Waals surface area contributed by atoms with Crippen LogP contribution in [0, 0.1) is 0 Å². The van der Waals surface area contributed by atoms with E-state index in [0.29, 0.717) is 62.8 Å². The molecule has 0 unspecified atom stereocenters. The predicted octanol–water partition coefficient (Wildman–Crippen LogP) is 5.52. The molecule has 0 aliphatic carbocycles. The summed E-state index contributed by atoms with van der Waals surface area (Å²) in [6.45, 7) is 9.00. The van der Waals surface area contributed by atoms with Crippen LogP contribution in [-0.4, -0.2) is 67.8 Å². The lowest BCUT2D eigenvalue weighted by Gasteiger charge is -2.37. The minimum Gasteiger partial charge on any atom is -0.444 e. The second-order valence-corrected chi connectivity index (χ2v) is 13.3. The van der Waals surface area contributed by atoms with Crippen LogP contribution < -0.4 is 15.8 Å². The number of nitrogens with one attached hydrogen (secondary N) is 1. The number of carbonyl (C=O) groups excluding carboxylic acids is 2. The van der Waals surface area contributed by atoms with Crippen molar-refractivity contribution in [2.24, 2.45) is 0 Å². The Morgan fingerprint density at radius 2 is 1.73 bits per heavy atom. The van der Waals surface area contributed by atoms with Gasteiger partial charge in [0.2, 0.25) is 11.7 Å². The van der Waals surface area contributed by atoms with Gasteiger partial charge in [-0.3, -0.25) is 9.59 Å². The van der Waals surface area contributed by atoms with Crippen LogP contribution >= 0.6 is 11.6 Å². The maximum absolute atomic E-state index is 14.2. The highest BCUT2D eigenvalue weighted by Gasteiger charge is 2.32. The maximum atomic E-state index is 14.2. The smallest absolute Gasteiger partial charge is 0.416 e. The summed E-state index contributed by atoms with van der Waals surface area (Å²) in [7, 11) is 0. The molecule has 0 saturated carbocycles. The van der Waals surface area contributed by atoms with Crippen LogP contribution in [0.5, 0.6) is 0 Å². The molecule has 0 spiro atoms. The quantitative estimate of drug-likeness (QED) is 0.279. The zero-order valence-corrected chi connectivity index (χ0v) is 28.1. The third-order valence-corrected chi connectivity index (χ3v) is 8.57. The Labute approximate surface area is 284 Å². The third-order valence-electron chi connectivity index (χ3n) is 8.26. The number of anilines is 2. The summed E-state index contributed by atoms with van der Waals surface area (Å²) in [6, 6.07) is 8.33. The Morgan fingerprint density at radius 3 is 2.39 bits per heavy atom. The van der Waals surface area contributed by atoms with Crippen molar-refractivity contribution in [2.75, 3.05) is 36.4 Å². The number of alkyl halides is 3. The lowest BCUT2D eigenvalue weighted by atomic mass is 10.1. The first-order valence-electron chi connectivity index (χ1n) is 15.7. The zero-order chi connectivity index (χ0) is 35.2. The molecule has 2 aromatic carbocycles. The predicted molar refractivity (Wildman–Crippen MR) is 176 cm³/mol. The molecular weight excluding hydrogens is 667 g/mol. The van der Waals surface area contributed by atoms with Gasteiger partial charge in [-0.2, -0.15) is 22.7 Å². The first kappa shape index (κ1) is 34.2. The number of piperazine rings is 1. The maximum Gasteiger partial charge on any atom is 0.416 e. The SMILES string of the molecule is CCc1c(N2CCN(C(=O)OC(C)(C)C)CC2)c(=O)n2nc(-c3ccc4c(c3)COC4)nc2n1CC(=O)Nc1ccc(C(F)(F)F)cc1Cl. The van der Waals surface area contributed by atoms with Gasteiger partial charge in [-0.1, -0.05) is 30.7 Å². The molecule has 2 aromatic heterocycles. The average molecular weight is 702 g/mol. The Balaban J connectivity index is 1.38. The number of carbonyl (C=O) groups is 2. The number of rotatable bonds is 6. The van der Waals surface area contributed by atoms with E-state index in [1.54, 1.807) is 30.2 Å². The van der Waals surface area contributed by atoms with E-state index >= 15 is 0 Å². The Hall–Kier alpha value is -4.63. The summed E-state index contributed by atoms with van der Waals surface area (Å²) < 4.78 is 53.4. The highest BCUT2D eigenvalue weighted by Crippen LogP contribution is 2.34. The van der Waals surface area contributed by atoms with E-state index in [9.17, 15) is 27.6 Å². The van der Waals surface area contributed by atoms with Crippen molar-refractivity contribution in [3.8, 4) is 11.4 Å². The standard InChI is InChI=1S/C33H35ClF3N7O5/c1-5-25-27(41-10-12-42(13-11-41)31(47)49-32(2,3)4)29(46)44-30(39-28(40-44)19-6-7-20-17-48-18-21(20)14-19)43(25)16-26(45)38-24-9-8-22(15-23(24)34)33(35,36)37/h6-9,14-15H,5,10-13,16-18H2,1-4H3,(H,38,45). The van der Waals surface area contributed by atoms with E-state index in [4.69, 9.17) is 26.1 Å². The zero-order valence-electron chi connectivity index (χ0n) is 27.4. The number of aromatic nitrogens is 4. The normalized spacial score (nSPS) is 15.1. The molecule has 0 radical (unpaired) electrons. The molecule has 6 rings (SSSR count).